The maximum atomic E-state index is 12.8. The number of rotatable bonds is 2. The van der Waals surface area contributed by atoms with Gasteiger partial charge in [-0.05, 0) is 18.2 Å². The van der Waals surface area contributed by atoms with E-state index in [9.17, 15) is 9.18 Å². The molecule has 0 bridgehead atoms. The SMILES string of the molecule is O=Cc1cc(F)ccc1-c1ccon1. The Kier molecular flexibility index (Phi) is 2.10. The average molecular weight is 191 g/mol. The first-order valence-electron chi connectivity index (χ1n) is 3.97. The van der Waals surface area contributed by atoms with Crippen LogP contribution in [0.1, 0.15) is 10.4 Å². The van der Waals surface area contributed by atoms with Gasteiger partial charge in [0.15, 0.2) is 6.29 Å². The highest BCUT2D eigenvalue weighted by atomic mass is 19.1. The van der Waals surface area contributed by atoms with E-state index in [1.165, 1.54) is 18.4 Å². The first-order valence-corrected chi connectivity index (χ1v) is 3.97. The van der Waals surface area contributed by atoms with Crippen molar-refractivity contribution in [1.82, 2.24) is 5.16 Å². The van der Waals surface area contributed by atoms with Gasteiger partial charge in [-0.15, -0.1) is 0 Å². The normalized spacial score (nSPS) is 10.1. The predicted octanol–water partition coefficient (Wildman–Crippen LogP) is 2.29. The lowest BCUT2D eigenvalue weighted by Gasteiger charge is -1.99. The molecule has 2 aromatic rings. The summed E-state index contributed by atoms with van der Waals surface area (Å²) in [5.74, 6) is -0.445. The number of aldehydes is 1. The second kappa shape index (κ2) is 3.41. The number of benzene rings is 1. The van der Waals surface area contributed by atoms with E-state index in [0.717, 1.165) is 6.07 Å². The fourth-order valence-corrected chi connectivity index (χ4v) is 1.22. The molecule has 0 spiro atoms. The van der Waals surface area contributed by atoms with Gasteiger partial charge >= 0.3 is 0 Å². The number of aromatic nitrogens is 1. The summed E-state index contributed by atoms with van der Waals surface area (Å²) in [6.45, 7) is 0. The van der Waals surface area contributed by atoms with Crippen molar-refractivity contribution in [1.29, 1.82) is 0 Å². The Hall–Kier alpha value is -1.97. The zero-order valence-corrected chi connectivity index (χ0v) is 7.11. The third-order valence-electron chi connectivity index (χ3n) is 1.85. The summed E-state index contributed by atoms with van der Waals surface area (Å²) in [4.78, 5) is 10.6. The molecule has 4 heteroatoms. The minimum Gasteiger partial charge on any atom is -0.364 e. The lowest BCUT2D eigenvalue weighted by molar-refractivity contribution is 0.112. The topological polar surface area (TPSA) is 43.1 Å². The second-order valence-electron chi connectivity index (χ2n) is 2.73. The number of carbonyl (C=O) groups excluding carboxylic acids is 1. The number of hydrogen-bond donors (Lipinski definition) is 0. The molecule has 0 saturated heterocycles. The zero-order valence-electron chi connectivity index (χ0n) is 7.11. The van der Waals surface area contributed by atoms with Gasteiger partial charge in [0.25, 0.3) is 0 Å². The zero-order chi connectivity index (χ0) is 9.97. The Balaban J connectivity index is 2.58. The van der Waals surface area contributed by atoms with Crippen LogP contribution >= 0.6 is 0 Å². The molecule has 0 aliphatic carbocycles. The number of nitrogens with zero attached hydrogens (tertiary/aromatic N) is 1. The maximum absolute atomic E-state index is 12.8. The van der Waals surface area contributed by atoms with Gasteiger partial charge in [-0.25, -0.2) is 4.39 Å². The molecule has 2 rings (SSSR count). The summed E-state index contributed by atoms with van der Waals surface area (Å²) in [5, 5.41) is 3.67. The van der Waals surface area contributed by atoms with Crippen molar-refractivity contribution in [3.05, 3.63) is 41.9 Å². The van der Waals surface area contributed by atoms with Crippen LogP contribution in [0, 0.1) is 5.82 Å². The molecule has 0 aliphatic heterocycles. The molecule has 0 aliphatic rings. The fraction of sp³-hybridized carbons (Fsp3) is 0. The highest BCUT2D eigenvalue weighted by Gasteiger charge is 2.07. The third-order valence-corrected chi connectivity index (χ3v) is 1.85. The van der Waals surface area contributed by atoms with Gasteiger partial charge in [0.1, 0.15) is 17.8 Å². The van der Waals surface area contributed by atoms with Gasteiger partial charge < -0.3 is 4.52 Å². The van der Waals surface area contributed by atoms with Gasteiger partial charge in [0, 0.05) is 17.2 Å². The van der Waals surface area contributed by atoms with E-state index in [-0.39, 0.29) is 5.56 Å². The lowest BCUT2D eigenvalue weighted by atomic mass is 10.1. The fourth-order valence-electron chi connectivity index (χ4n) is 1.22. The van der Waals surface area contributed by atoms with Crippen molar-refractivity contribution >= 4 is 6.29 Å². The molecule has 0 radical (unpaired) electrons. The minimum atomic E-state index is -0.445. The van der Waals surface area contributed by atoms with E-state index in [1.54, 1.807) is 6.07 Å². The molecule has 0 N–H and O–H groups in total. The van der Waals surface area contributed by atoms with Crippen molar-refractivity contribution in [3.8, 4) is 11.3 Å². The van der Waals surface area contributed by atoms with Crippen LogP contribution in [0.3, 0.4) is 0 Å². The molecule has 0 unspecified atom stereocenters. The smallest absolute Gasteiger partial charge is 0.150 e. The summed E-state index contributed by atoms with van der Waals surface area (Å²) in [7, 11) is 0. The molecule has 1 aromatic heterocycles. The maximum Gasteiger partial charge on any atom is 0.150 e. The van der Waals surface area contributed by atoms with E-state index in [4.69, 9.17) is 0 Å². The molecule has 0 saturated carbocycles. The van der Waals surface area contributed by atoms with Crippen LogP contribution < -0.4 is 0 Å². The Morgan fingerprint density at radius 2 is 2.21 bits per heavy atom. The molecule has 0 atom stereocenters. The molecular weight excluding hydrogens is 185 g/mol. The van der Waals surface area contributed by atoms with E-state index in [2.05, 4.69) is 9.68 Å². The summed E-state index contributed by atoms with van der Waals surface area (Å²) in [5.41, 5.74) is 1.35. The Bertz CT molecular complexity index is 451. The van der Waals surface area contributed by atoms with Crippen molar-refractivity contribution in [3.63, 3.8) is 0 Å². The summed E-state index contributed by atoms with van der Waals surface area (Å²) in [6.07, 6.45) is 1.99. The second-order valence-corrected chi connectivity index (χ2v) is 2.73. The lowest BCUT2D eigenvalue weighted by Crippen LogP contribution is -1.89. The first kappa shape index (κ1) is 8.62. The molecule has 1 heterocycles. The average Bonchev–Trinajstić information content (AvgIpc) is 2.70. The van der Waals surface area contributed by atoms with Crippen molar-refractivity contribution in [2.45, 2.75) is 0 Å². The minimum absolute atomic E-state index is 0.263. The molecule has 14 heavy (non-hydrogen) atoms. The van der Waals surface area contributed by atoms with E-state index in [0.29, 0.717) is 17.5 Å². The summed E-state index contributed by atoms with van der Waals surface area (Å²) < 4.78 is 17.4. The largest absolute Gasteiger partial charge is 0.364 e. The standard InChI is InChI=1S/C10H6FNO2/c11-8-1-2-9(7(5-8)6-13)10-3-4-14-12-10/h1-6H. The van der Waals surface area contributed by atoms with Crippen LogP contribution in [0.5, 0.6) is 0 Å². The highest BCUT2D eigenvalue weighted by Crippen LogP contribution is 2.21. The predicted molar refractivity (Wildman–Crippen MR) is 47.3 cm³/mol. The summed E-state index contributed by atoms with van der Waals surface area (Å²) in [6, 6.07) is 5.55. The molecule has 1 aromatic carbocycles. The molecular formula is C10H6FNO2. The highest BCUT2D eigenvalue weighted by molar-refractivity contribution is 5.86. The number of hydrogen-bond acceptors (Lipinski definition) is 3. The van der Waals surface area contributed by atoms with Gasteiger partial charge in [0.05, 0.1) is 0 Å². The van der Waals surface area contributed by atoms with E-state index in [1.807, 2.05) is 0 Å². The quantitative estimate of drug-likeness (QED) is 0.684. The van der Waals surface area contributed by atoms with Crippen LogP contribution in [-0.4, -0.2) is 11.4 Å². The first-order chi connectivity index (χ1) is 6.81. The van der Waals surface area contributed by atoms with Crippen molar-refractivity contribution in [2.75, 3.05) is 0 Å². The van der Waals surface area contributed by atoms with Crippen molar-refractivity contribution in [2.24, 2.45) is 0 Å². The third kappa shape index (κ3) is 1.42. The Labute approximate surface area is 79.1 Å². The molecule has 0 fully saturated rings. The van der Waals surface area contributed by atoms with Gasteiger partial charge in [-0.2, -0.15) is 0 Å². The summed E-state index contributed by atoms with van der Waals surface area (Å²) >= 11 is 0. The van der Waals surface area contributed by atoms with Crippen LogP contribution in [0.15, 0.2) is 35.1 Å². The molecule has 3 nitrogen and oxygen atoms in total. The van der Waals surface area contributed by atoms with E-state index < -0.39 is 5.82 Å². The Morgan fingerprint density at radius 3 is 2.86 bits per heavy atom. The van der Waals surface area contributed by atoms with Crippen LogP contribution in [0.4, 0.5) is 4.39 Å². The van der Waals surface area contributed by atoms with Crippen LogP contribution in [-0.2, 0) is 0 Å². The van der Waals surface area contributed by atoms with E-state index >= 15 is 0 Å². The van der Waals surface area contributed by atoms with Crippen LogP contribution in [0.25, 0.3) is 11.3 Å². The molecule has 70 valence electrons. The van der Waals surface area contributed by atoms with Gasteiger partial charge in [-0.1, -0.05) is 5.16 Å². The van der Waals surface area contributed by atoms with Crippen LogP contribution in [0.2, 0.25) is 0 Å². The Morgan fingerprint density at radius 1 is 1.36 bits per heavy atom. The number of carbonyl (C=O) groups is 1. The van der Waals surface area contributed by atoms with Gasteiger partial charge in [0.2, 0.25) is 0 Å². The van der Waals surface area contributed by atoms with Crippen molar-refractivity contribution < 1.29 is 13.7 Å². The number of halogens is 1. The van der Waals surface area contributed by atoms with Gasteiger partial charge in [-0.3, -0.25) is 4.79 Å². The molecule has 0 amide bonds. The monoisotopic (exact) mass is 191 g/mol.